The maximum absolute atomic E-state index is 12.2. The minimum Gasteiger partial charge on any atom is -0.352 e. The standard InChI is InChI=1S/C18H24N4OS2/c1-12-7-6-10-15(13(12)2)20-16(23)11-24-18-22-21-17(25-18)19-14-8-4-3-5-9-14/h3-5,8-9,12-13,15H,6-7,10-11H2,1-2H3,(H,19,21)(H,20,23). The molecule has 134 valence electrons. The first-order valence-electron chi connectivity index (χ1n) is 8.69. The minimum atomic E-state index is 0.0868. The Hall–Kier alpha value is -1.60. The van der Waals surface area contributed by atoms with Crippen LogP contribution in [0.3, 0.4) is 0 Å². The topological polar surface area (TPSA) is 66.9 Å². The maximum Gasteiger partial charge on any atom is 0.230 e. The molecule has 0 saturated heterocycles. The molecule has 1 aliphatic rings. The van der Waals surface area contributed by atoms with Gasteiger partial charge in [-0.1, -0.05) is 68.0 Å². The molecule has 1 saturated carbocycles. The normalized spacial score (nSPS) is 23.2. The van der Waals surface area contributed by atoms with E-state index in [1.807, 2.05) is 30.3 Å². The van der Waals surface area contributed by atoms with Gasteiger partial charge in [0.05, 0.1) is 5.75 Å². The number of nitrogens with zero attached hydrogens (tertiary/aromatic N) is 2. The maximum atomic E-state index is 12.2. The van der Waals surface area contributed by atoms with E-state index in [0.717, 1.165) is 21.6 Å². The first-order valence-corrected chi connectivity index (χ1v) is 10.5. The van der Waals surface area contributed by atoms with Crippen molar-refractivity contribution in [2.45, 2.75) is 43.5 Å². The summed E-state index contributed by atoms with van der Waals surface area (Å²) in [5.41, 5.74) is 0.980. The Balaban J connectivity index is 1.46. The zero-order valence-corrected chi connectivity index (χ0v) is 16.2. The van der Waals surface area contributed by atoms with Gasteiger partial charge >= 0.3 is 0 Å². The summed E-state index contributed by atoms with van der Waals surface area (Å²) in [6, 6.07) is 10.2. The number of aromatic nitrogens is 2. The van der Waals surface area contributed by atoms with Crippen LogP contribution in [0.25, 0.3) is 0 Å². The number of para-hydroxylation sites is 1. The molecular formula is C18H24N4OS2. The monoisotopic (exact) mass is 376 g/mol. The number of rotatable bonds is 6. The number of nitrogens with one attached hydrogen (secondary N) is 2. The van der Waals surface area contributed by atoms with Crippen LogP contribution in [0.5, 0.6) is 0 Å². The molecule has 2 N–H and O–H groups in total. The van der Waals surface area contributed by atoms with Crippen LogP contribution in [0.4, 0.5) is 10.8 Å². The summed E-state index contributed by atoms with van der Waals surface area (Å²) < 4.78 is 0.804. The van der Waals surface area contributed by atoms with Gasteiger partial charge < -0.3 is 10.6 Å². The largest absolute Gasteiger partial charge is 0.352 e. The second-order valence-electron chi connectivity index (χ2n) is 6.59. The van der Waals surface area contributed by atoms with Crippen molar-refractivity contribution in [1.29, 1.82) is 0 Å². The lowest BCUT2D eigenvalue weighted by atomic mass is 9.78. The summed E-state index contributed by atoms with van der Waals surface area (Å²) in [6.07, 6.45) is 3.56. The molecule has 1 heterocycles. The van der Waals surface area contributed by atoms with E-state index in [1.165, 1.54) is 35.9 Å². The Morgan fingerprint density at radius 2 is 2.04 bits per heavy atom. The number of carbonyl (C=O) groups excluding carboxylic acids is 1. The van der Waals surface area contributed by atoms with E-state index < -0.39 is 0 Å². The predicted molar refractivity (Wildman–Crippen MR) is 104 cm³/mol. The summed E-state index contributed by atoms with van der Waals surface area (Å²) in [5.74, 6) is 1.70. The van der Waals surface area contributed by atoms with Gasteiger partial charge in [0.2, 0.25) is 11.0 Å². The van der Waals surface area contributed by atoms with Crippen LogP contribution in [0, 0.1) is 11.8 Å². The van der Waals surface area contributed by atoms with Crippen molar-refractivity contribution in [3.05, 3.63) is 30.3 Å². The number of hydrogen-bond acceptors (Lipinski definition) is 6. The first-order chi connectivity index (χ1) is 12.1. The zero-order valence-electron chi connectivity index (χ0n) is 14.6. The molecular weight excluding hydrogens is 352 g/mol. The van der Waals surface area contributed by atoms with E-state index in [4.69, 9.17) is 0 Å². The zero-order chi connectivity index (χ0) is 17.6. The Bertz CT molecular complexity index is 691. The van der Waals surface area contributed by atoms with Crippen LogP contribution in [0.15, 0.2) is 34.7 Å². The molecule has 7 heteroatoms. The van der Waals surface area contributed by atoms with E-state index in [1.54, 1.807) is 0 Å². The van der Waals surface area contributed by atoms with Crippen molar-refractivity contribution in [2.24, 2.45) is 11.8 Å². The molecule has 3 unspecified atom stereocenters. The van der Waals surface area contributed by atoms with Gasteiger partial charge in [-0.05, 0) is 30.4 Å². The molecule has 0 spiro atoms. The van der Waals surface area contributed by atoms with Crippen LogP contribution in [0.2, 0.25) is 0 Å². The number of benzene rings is 1. The number of amides is 1. The molecule has 0 radical (unpaired) electrons. The highest BCUT2D eigenvalue weighted by Gasteiger charge is 2.28. The molecule has 1 aromatic carbocycles. The van der Waals surface area contributed by atoms with E-state index in [9.17, 15) is 4.79 Å². The Morgan fingerprint density at radius 3 is 2.84 bits per heavy atom. The second kappa shape index (κ2) is 8.67. The fraction of sp³-hybridized carbons (Fsp3) is 0.500. The van der Waals surface area contributed by atoms with Crippen LogP contribution in [0.1, 0.15) is 33.1 Å². The third-order valence-corrected chi connectivity index (χ3v) is 6.78. The molecule has 5 nitrogen and oxygen atoms in total. The lowest BCUT2D eigenvalue weighted by molar-refractivity contribution is -0.119. The summed E-state index contributed by atoms with van der Waals surface area (Å²) >= 11 is 2.91. The van der Waals surface area contributed by atoms with Crippen molar-refractivity contribution in [3.63, 3.8) is 0 Å². The Kier molecular flexibility index (Phi) is 6.31. The van der Waals surface area contributed by atoms with Gasteiger partial charge in [-0.3, -0.25) is 4.79 Å². The van der Waals surface area contributed by atoms with Gasteiger partial charge in [-0.2, -0.15) is 0 Å². The van der Waals surface area contributed by atoms with E-state index >= 15 is 0 Å². The van der Waals surface area contributed by atoms with Gasteiger partial charge in [-0.15, -0.1) is 10.2 Å². The molecule has 3 atom stereocenters. The lowest BCUT2D eigenvalue weighted by Gasteiger charge is -2.34. The Morgan fingerprint density at radius 1 is 1.24 bits per heavy atom. The molecule has 1 amide bonds. The fourth-order valence-electron chi connectivity index (χ4n) is 3.13. The molecule has 0 aliphatic heterocycles. The second-order valence-corrected chi connectivity index (χ2v) is 8.79. The number of carbonyl (C=O) groups is 1. The van der Waals surface area contributed by atoms with Gasteiger partial charge in [0.25, 0.3) is 0 Å². The van der Waals surface area contributed by atoms with Crippen molar-refractivity contribution in [3.8, 4) is 0 Å². The third-order valence-electron chi connectivity index (χ3n) is 4.81. The molecule has 25 heavy (non-hydrogen) atoms. The number of thioether (sulfide) groups is 1. The number of hydrogen-bond donors (Lipinski definition) is 2. The molecule has 2 aromatic rings. The van der Waals surface area contributed by atoms with Crippen molar-refractivity contribution in [1.82, 2.24) is 15.5 Å². The van der Waals surface area contributed by atoms with Gasteiger partial charge in [-0.25, -0.2) is 0 Å². The van der Waals surface area contributed by atoms with Gasteiger partial charge in [0.1, 0.15) is 0 Å². The third kappa shape index (κ3) is 5.19. The first kappa shape index (κ1) is 18.2. The molecule has 1 fully saturated rings. The van der Waals surface area contributed by atoms with Gasteiger partial charge in [0.15, 0.2) is 4.34 Å². The average Bonchev–Trinajstić information content (AvgIpc) is 3.05. The number of anilines is 2. The highest BCUT2D eigenvalue weighted by atomic mass is 32.2. The smallest absolute Gasteiger partial charge is 0.230 e. The SMILES string of the molecule is CC1CCCC(NC(=O)CSc2nnc(Nc3ccccc3)s2)C1C. The van der Waals surface area contributed by atoms with Crippen molar-refractivity contribution < 1.29 is 4.79 Å². The molecule has 3 rings (SSSR count). The average molecular weight is 377 g/mol. The predicted octanol–water partition coefficient (Wildman–Crippen LogP) is 4.31. The van der Waals surface area contributed by atoms with Crippen LogP contribution in [-0.4, -0.2) is 27.9 Å². The van der Waals surface area contributed by atoms with E-state index in [-0.39, 0.29) is 5.91 Å². The van der Waals surface area contributed by atoms with Crippen LogP contribution in [-0.2, 0) is 4.79 Å². The van der Waals surface area contributed by atoms with E-state index in [2.05, 4.69) is 34.7 Å². The van der Waals surface area contributed by atoms with Crippen molar-refractivity contribution >= 4 is 39.8 Å². The fourth-order valence-corrected chi connectivity index (χ4v) is 4.71. The highest BCUT2D eigenvalue weighted by molar-refractivity contribution is 8.01. The van der Waals surface area contributed by atoms with Crippen LogP contribution < -0.4 is 10.6 Å². The summed E-state index contributed by atoms with van der Waals surface area (Å²) in [5, 5.41) is 15.4. The minimum absolute atomic E-state index is 0.0868. The van der Waals surface area contributed by atoms with Crippen LogP contribution >= 0.6 is 23.1 Å². The van der Waals surface area contributed by atoms with Crippen molar-refractivity contribution in [2.75, 3.05) is 11.1 Å². The summed E-state index contributed by atoms with van der Waals surface area (Å²) in [6.45, 7) is 4.52. The Labute approximate surface area is 157 Å². The molecule has 0 bridgehead atoms. The van der Waals surface area contributed by atoms with E-state index in [0.29, 0.717) is 23.6 Å². The molecule has 1 aliphatic carbocycles. The summed E-state index contributed by atoms with van der Waals surface area (Å²) in [7, 11) is 0. The highest BCUT2D eigenvalue weighted by Crippen LogP contribution is 2.30. The van der Waals surface area contributed by atoms with Gasteiger partial charge in [0, 0.05) is 11.7 Å². The summed E-state index contributed by atoms with van der Waals surface area (Å²) in [4.78, 5) is 12.2. The lowest BCUT2D eigenvalue weighted by Crippen LogP contribution is -2.44. The quantitative estimate of drug-likeness (QED) is 0.735. The molecule has 1 aromatic heterocycles.